The van der Waals surface area contributed by atoms with Gasteiger partial charge in [-0.2, -0.15) is 13.2 Å². The molecule has 6 heteroatoms. The number of benzene rings is 1. The second-order valence-electron chi connectivity index (χ2n) is 3.52. The van der Waals surface area contributed by atoms with Crippen LogP contribution in [0.2, 0.25) is 0 Å². The third-order valence-corrected chi connectivity index (χ3v) is 4.69. The predicted octanol–water partition coefficient (Wildman–Crippen LogP) is 5.09. The number of hydrogen-bond donors (Lipinski definition) is 0. The summed E-state index contributed by atoms with van der Waals surface area (Å²) in [4.78, 5) is 4.01. The van der Waals surface area contributed by atoms with Crippen LogP contribution in [0.25, 0.3) is 10.9 Å². The van der Waals surface area contributed by atoms with Crippen LogP contribution in [0.15, 0.2) is 27.1 Å². The van der Waals surface area contributed by atoms with Crippen LogP contribution in [-0.4, -0.2) is 4.98 Å². The van der Waals surface area contributed by atoms with Crippen LogP contribution in [0.4, 0.5) is 13.2 Å². The summed E-state index contributed by atoms with van der Waals surface area (Å²) in [5, 5.41) is 0.442. The summed E-state index contributed by atoms with van der Waals surface area (Å²) in [7, 11) is 0. The molecule has 0 bridgehead atoms. The van der Waals surface area contributed by atoms with E-state index in [1.54, 1.807) is 13.0 Å². The molecule has 17 heavy (non-hydrogen) atoms. The Morgan fingerprint density at radius 3 is 2.35 bits per heavy atom. The highest BCUT2D eigenvalue weighted by molar-refractivity contribution is 9.13. The normalized spacial score (nSPS) is 12.1. The number of pyridine rings is 1. The first-order chi connectivity index (χ1) is 7.82. The first kappa shape index (κ1) is 12.8. The summed E-state index contributed by atoms with van der Waals surface area (Å²) in [5.41, 5.74) is -0.236. The van der Waals surface area contributed by atoms with E-state index in [1.807, 2.05) is 0 Å². The number of fused-ring (bicyclic) bond motifs is 1. The monoisotopic (exact) mass is 367 g/mol. The highest BCUT2D eigenvalue weighted by Crippen LogP contribution is 2.38. The van der Waals surface area contributed by atoms with Crippen LogP contribution in [0.5, 0.6) is 0 Å². The van der Waals surface area contributed by atoms with Gasteiger partial charge in [-0.25, -0.2) is 0 Å². The third kappa shape index (κ3) is 2.20. The Hall–Kier alpha value is -0.620. The maximum absolute atomic E-state index is 12.8. The molecule has 0 fully saturated rings. The molecule has 0 spiro atoms. The van der Waals surface area contributed by atoms with E-state index in [0.29, 0.717) is 20.0 Å². The van der Waals surface area contributed by atoms with Gasteiger partial charge < -0.3 is 0 Å². The molecule has 0 atom stereocenters. The fourth-order valence-corrected chi connectivity index (χ4v) is 2.47. The van der Waals surface area contributed by atoms with Crippen molar-refractivity contribution in [1.82, 2.24) is 4.98 Å². The Morgan fingerprint density at radius 1 is 1.12 bits per heavy atom. The molecule has 0 aliphatic heterocycles. The molecule has 0 aliphatic rings. The number of halogens is 5. The van der Waals surface area contributed by atoms with Gasteiger partial charge in [0.2, 0.25) is 0 Å². The Morgan fingerprint density at radius 2 is 1.76 bits per heavy atom. The van der Waals surface area contributed by atoms with Crippen molar-refractivity contribution in [2.24, 2.45) is 0 Å². The van der Waals surface area contributed by atoms with Gasteiger partial charge in [-0.05, 0) is 44.8 Å². The van der Waals surface area contributed by atoms with Gasteiger partial charge >= 0.3 is 6.18 Å². The number of para-hydroxylation sites is 1. The fraction of sp³-hybridized carbons (Fsp3) is 0.182. The molecule has 2 rings (SSSR count). The molecule has 90 valence electrons. The van der Waals surface area contributed by atoms with Crippen molar-refractivity contribution in [1.29, 1.82) is 0 Å². The van der Waals surface area contributed by atoms with Crippen molar-refractivity contribution in [2.75, 3.05) is 0 Å². The van der Waals surface area contributed by atoms with Crippen LogP contribution in [0.1, 0.15) is 11.3 Å². The average Bonchev–Trinajstić information content (AvgIpc) is 2.24. The fourth-order valence-electron chi connectivity index (χ4n) is 1.56. The molecule has 1 aromatic carbocycles. The largest absolute Gasteiger partial charge is 0.418 e. The second kappa shape index (κ2) is 4.24. The van der Waals surface area contributed by atoms with Gasteiger partial charge in [-0.3, -0.25) is 4.98 Å². The molecule has 1 heterocycles. The van der Waals surface area contributed by atoms with Crippen molar-refractivity contribution in [3.63, 3.8) is 0 Å². The molecular formula is C11H6Br2F3N. The third-order valence-electron chi connectivity index (χ3n) is 2.37. The Balaban J connectivity index is 2.92. The van der Waals surface area contributed by atoms with Crippen molar-refractivity contribution in [3.05, 3.63) is 38.4 Å². The van der Waals surface area contributed by atoms with E-state index in [4.69, 9.17) is 0 Å². The lowest BCUT2D eigenvalue weighted by atomic mass is 10.1. The van der Waals surface area contributed by atoms with Crippen LogP contribution in [-0.2, 0) is 6.18 Å². The molecule has 0 N–H and O–H groups in total. The lowest BCUT2D eigenvalue weighted by Crippen LogP contribution is -2.07. The summed E-state index contributed by atoms with van der Waals surface area (Å²) in [6, 6.07) is 4.01. The lowest BCUT2D eigenvalue weighted by molar-refractivity contribution is -0.136. The molecule has 0 unspecified atom stereocenters. The number of alkyl halides is 3. The number of aromatic nitrogens is 1. The van der Waals surface area contributed by atoms with E-state index in [2.05, 4.69) is 36.8 Å². The Kier molecular flexibility index (Phi) is 3.20. The number of hydrogen-bond acceptors (Lipinski definition) is 1. The number of rotatable bonds is 0. The molecule has 0 aliphatic carbocycles. The van der Waals surface area contributed by atoms with Gasteiger partial charge in [0.15, 0.2) is 0 Å². The number of aryl methyl sites for hydroxylation is 1. The zero-order valence-corrected chi connectivity index (χ0v) is 11.7. The standard InChI is InChI=1S/C11H6Br2F3N/c1-5-8(12)9(13)6-3-2-4-7(10(6)17-5)11(14,15)16/h2-4H,1H3. The van der Waals surface area contributed by atoms with Crippen LogP contribution < -0.4 is 0 Å². The Labute approximate surface area is 112 Å². The highest BCUT2D eigenvalue weighted by atomic mass is 79.9. The minimum absolute atomic E-state index is 0.0347. The smallest absolute Gasteiger partial charge is 0.251 e. The molecule has 0 saturated heterocycles. The van der Waals surface area contributed by atoms with Gasteiger partial charge in [0.05, 0.1) is 21.2 Å². The van der Waals surface area contributed by atoms with E-state index < -0.39 is 11.7 Å². The molecule has 1 aromatic heterocycles. The van der Waals surface area contributed by atoms with Crippen LogP contribution in [0, 0.1) is 6.92 Å². The molecular weight excluding hydrogens is 363 g/mol. The van der Waals surface area contributed by atoms with Crippen LogP contribution >= 0.6 is 31.9 Å². The minimum atomic E-state index is -4.40. The summed E-state index contributed by atoms with van der Waals surface area (Å²) >= 11 is 6.56. The van der Waals surface area contributed by atoms with E-state index in [-0.39, 0.29) is 5.52 Å². The second-order valence-corrected chi connectivity index (χ2v) is 5.11. The highest BCUT2D eigenvalue weighted by Gasteiger charge is 2.33. The summed E-state index contributed by atoms with van der Waals surface area (Å²) in [5.74, 6) is 0. The van der Waals surface area contributed by atoms with E-state index in [1.165, 1.54) is 6.07 Å². The molecule has 0 radical (unpaired) electrons. The summed E-state index contributed by atoms with van der Waals surface area (Å²) in [6.45, 7) is 1.65. The van der Waals surface area contributed by atoms with Gasteiger partial charge in [0.25, 0.3) is 0 Å². The van der Waals surface area contributed by atoms with E-state index in [0.717, 1.165) is 6.07 Å². The first-order valence-corrected chi connectivity index (χ1v) is 6.22. The lowest BCUT2D eigenvalue weighted by Gasteiger charge is -2.12. The van der Waals surface area contributed by atoms with E-state index in [9.17, 15) is 13.2 Å². The summed E-state index contributed by atoms with van der Waals surface area (Å²) < 4.78 is 39.7. The summed E-state index contributed by atoms with van der Waals surface area (Å²) in [6.07, 6.45) is -4.40. The zero-order chi connectivity index (χ0) is 12.8. The van der Waals surface area contributed by atoms with Gasteiger partial charge in [0, 0.05) is 9.86 Å². The maximum atomic E-state index is 12.8. The van der Waals surface area contributed by atoms with Gasteiger partial charge in [0.1, 0.15) is 0 Å². The molecule has 0 amide bonds. The van der Waals surface area contributed by atoms with Crippen molar-refractivity contribution in [2.45, 2.75) is 13.1 Å². The van der Waals surface area contributed by atoms with Crippen molar-refractivity contribution in [3.8, 4) is 0 Å². The average molecular weight is 369 g/mol. The van der Waals surface area contributed by atoms with Crippen molar-refractivity contribution >= 4 is 42.8 Å². The quantitative estimate of drug-likeness (QED) is 0.631. The molecule has 0 saturated carbocycles. The van der Waals surface area contributed by atoms with Gasteiger partial charge in [-0.1, -0.05) is 12.1 Å². The SMILES string of the molecule is Cc1nc2c(C(F)(F)F)cccc2c(Br)c1Br. The van der Waals surface area contributed by atoms with Gasteiger partial charge in [-0.15, -0.1) is 0 Å². The molecule has 2 aromatic rings. The molecule has 1 nitrogen and oxygen atoms in total. The maximum Gasteiger partial charge on any atom is 0.418 e. The first-order valence-electron chi connectivity index (χ1n) is 4.64. The zero-order valence-electron chi connectivity index (χ0n) is 8.57. The van der Waals surface area contributed by atoms with Crippen molar-refractivity contribution < 1.29 is 13.2 Å². The van der Waals surface area contributed by atoms with E-state index >= 15 is 0 Å². The minimum Gasteiger partial charge on any atom is -0.251 e. The number of nitrogens with zero attached hydrogens (tertiary/aromatic N) is 1. The van der Waals surface area contributed by atoms with Crippen LogP contribution in [0.3, 0.4) is 0 Å². The topological polar surface area (TPSA) is 12.9 Å². The Bertz CT molecular complexity index is 593. The predicted molar refractivity (Wildman–Crippen MR) is 66.9 cm³/mol.